The number of hydrogen-bond donors (Lipinski definition) is 1. The van der Waals surface area contributed by atoms with Gasteiger partial charge in [0.2, 0.25) is 0 Å². The summed E-state index contributed by atoms with van der Waals surface area (Å²) in [6.07, 6.45) is 1.47. The number of ether oxygens (including phenoxy) is 1. The third-order valence-corrected chi connectivity index (χ3v) is 3.30. The fraction of sp³-hybridized carbons (Fsp3) is 0.312. The average molecular weight is 282 g/mol. The Morgan fingerprint density at radius 2 is 1.86 bits per heavy atom. The number of nitrogens with two attached hydrogens (primary N) is 1. The van der Waals surface area contributed by atoms with E-state index in [0.717, 1.165) is 29.7 Å². The first kappa shape index (κ1) is 14.9. The van der Waals surface area contributed by atoms with Crippen LogP contribution in [0.1, 0.15) is 36.2 Å². The quantitative estimate of drug-likeness (QED) is 0.911. The van der Waals surface area contributed by atoms with Gasteiger partial charge in [0.25, 0.3) is 5.88 Å². The summed E-state index contributed by atoms with van der Waals surface area (Å²) in [6.45, 7) is 4.47. The van der Waals surface area contributed by atoms with Crippen molar-refractivity contribution in [3.8, 4) is 17.7 Å². The van der Waals surface area contributed by atoms with Crippen LogP contribution in [0, 0.1) is 11.3 Å². The molecule has 0 bridgehead atoms. The lowest BCUT2D eigenvalue weighted by Gasteiger charge is -2.11. The maximum Gasteiger partial charge on any atom is 0.257 e. The molecule has 5 nitrogen and oxygen atoms in total. The van der Waals surface area contributed by atoms with Gasteiger partial charge in [-0.3, -0.25) is 0 Å². The topological polar surface area (TPSA) is 84.8 Å². The molecule has 0 unspecified atom stereocenters. The summed E-state index contributed by atoms with van der Waals surface area (Å²) >= 11 is 0. The van der Waals surface area contributed by atoms with Gasteiger partial charge < -0.3 is 10.5 Å². The van der Waals surface area contributed by atoms with Gasteiger partial charge in [-0.1, -0.05) is 26.0 Å². The molecule has 2 N–H and O–H groups in total. The molecule has 0 aliphatic heterocycles. The number of benzene rings is 1. The predicted molar refractivity (Wildman–Crippen MR) is 79.9 cm³/mol. The fourth-order valence-corrected chi connectivity index (χ4v) is 2.15. The molecule has 1 heterocycles. The summed E-state index contributed by atoms with van der Waals surface area (Å²) < 4.78 is 5.70. The lowest BCUT2D eigenvalue weighted by Crippen LogP contribution is -2.05. The fourth-order valence-electron chi connectivity index (χ4n) is 2.15. The minimum atomic E-state index is 0.257. The largest absolute Gasteiger partial charge is 0.437 e. The third-order valence-electron chi connectivity index (χ3n) is 3.30. The monoisotopic (exact) mass is 282 g/mol. The van der Waals surface area contributed by atoms with Crippen LogP contribution in [-0.2, 0) is 19.4 Å². The zero-order chi connectivity index (χ0) is 15.2. The summed E-state index contributed by atoms with van der Waals surface area (Å²) in [5.74, 6) is 0.872. The summed E-state index contributed by atoms with van der Waals surface area (Å²) in [5.41, 5.74) is 8.80. The van der Waals surface area contributed by atoms with Crippen molar-refractivity contribution in [2.45, 2.75) is 33.2 Å². The van der Waals surface area contributed by atoms with Crippen molar-refractivity contribution in [1.82, 2.24) is 10.2 Å². The van der Waals surface area contributed by atoms with Crippen LogP contribution in [-0.4, -0.2) is 10.2 Å². The standard InChI is InChI=1S/C16H18N4O/c1-3-13-14(10-18)16(20-19-15(13)4-2)21-12-7-5-11(9-17)6-8-12/h5-8H,3-4,9,17H2,1-2H3. The minimum absolute atomic E-state index is 0.257. The van der Waals surface area contributed by atoms with E-state index in [1.54, 1.807) is 0 Å². The lowest BCUT2D eigenvalue weighted by atomic mass is 10.0. The van der Waals surface area contributed by atoms with Crippen LogP contribution in [0.3, 0.4) is 0 Å². The molecule has 21 heavy (non-hydrogen) atoms. The highest BCUT2D eigenvalue weighted by Crippen LogP contribution is 2.26. The molecule has 0 saturated carbocycles. The van der Waals surface area contributed by atoms with Crippen LogP contribution < -0.4 is 10.5 Å². The maximum absolute atomic E-state index is 9.40. The Labute approximate surface area is 124 Å². The van der Waals surface area contributed by atoms with E-state index in [4.69, 9.17) is 10.5 Å². The first-order valence-electron chi connectivity index (χ1n) is 6.98. The SMILES string of the molecule is CCc1nnc(Oc2ccc(CN)cc2)c(C#N)c1CC. The van der Waals surface area contributed by atoms with E-state index in [2.05, 4.69) is 16.3 Å². The van der Waals surface area contributed by atoms with Crippen molar-refractivity contribution < 1.29 is 4.74 Å². The number of nitrogens with zero attached hydrogens (tertiary/aromatic N) is 3. The molecule has 0 aliphatic rings. The van der Waals surface area contributed by atoms with Gasteiger partial charge in [-0.05, 0) is 36.1 Å². The molecule has 2 rings (SSSR count). The molecule has 0 amide bonds. The molecule has 0 spiro atoms. The predicted octanol–water partition coefficient (Wildman–Crippen LogP) is 2.72. The Morgan fingerprint density at radius 1 is 1.14 bits per heavy atom. The smallest absolute Gasteiger partial charge is 0.257 e. The van der Waals surface area contributed by atoms with Crippen molar-refractivity contribution in [2.75, 3.05) is 0 Å². The minimum Gasteiger partial charge on any atom is -0.437 e. The molecule has 0 atom stereocenters. The second kappa shape index (κ2) is 6.82. The maximum atomic E-state index is 9.40. The van der Waals surface area contributed by atoms with Gasteiger partial charge in [-0.15, -0.1) is 5.10 Å². The molecule has 0 aliphatic carbocycles. The van der Waals surface area contributed by atoms with Gasteiger partial charge in [0, 0.05) is 6.54 Å². The van der Waals surface area contributed by atoms with Gasteiger partial charge in [-0.2, -0.15) is 10.4 Å². The lowest BCUT2D eigenvalue weighted by molar-refractivity contribution is 0.450. The average Bonchev–Trinajstić information content (AvgIpc) is 2.54. The number of aromatic nitrogens is 2. The Kier molecular flexibility index (Phi) is 4.85. The van der Waals surface area contributed by atoms with Crippen LogP contribution in [0.15, 0.2) is 24.3 Å². The zero-order valence-corrected chi connectivity index (χ0v) is 12.3. The number of aryl methyl sites for hydroxylation is 1. The van der Waals surface area contributed by atoms with Crippen molar-refractivity contribution >= 4 is 0 Å². The van der Waals surface area contributed by atoms with E-state index in [-0.39, 0.29) is 5.88 Å². The number of rotatable bonds is 5. The van der Waals surface area contributed by atoms with E-state index in [1.165, 1.54) is 0 Å². The van der Waals surface area contributed by atoms with Crippen molar-refractivity contribution in [2.24, 2.45) is 5.73 Å². The molecule has 108 valence electrons. The van der Waals surface area contributed by atoms with E-state index in [0.29, 0.717) is 17.9 Å². The van der Waals surface area contributed by atoms with E-state index >= 15 is 0 Å². The molecule has 0 saturated heterocycles. The van der Waals surface area contributed by atoms with Crippen LogP contribution in [0.25, 0.3) is 0 Å². The zero-order valence-electron chi connectivity index (χ0n) is 12.3. The van der Waals surface area contributed by atoms with E-state index in [1.807, 2.05) is 38.1 Å². The normalized spacial score (nSPS) is 10.2. The van der Waals surface area contributed by atoms with Gasteiger partial charge >= 0.3 is 0 Å². The highest BCUT2D eigenvalue weighted by atomic mass is 16.5. The molecule has 1 aromatic heterocycles. The van der Waals surface area contributed by atoms with Crippen LogP contribution in [0.2, 0.25) is 0 Å². The Bertz CT molecular complexity index is 659. The molecule has 0 fully saturated rings. The molecular formula is C16H18N4O. The first-order chi connectivity index (χ1) is 10.2. The van der Waals surface area contributed by atoms with E-state index in [9.17, 15) is 5.26 Å². The van der Waals surface area contributed by atoms with Crippen molar-refractivity contribution in [3.63, 3.8) is 0 Å². The number of hydrogen-bond acceptors (Lipinski definition) is 5. The summed E-state index contributed by atoms with van der Waals surface area (Å²) in [6, 6.07) is 9.57. The molecule has 5 heteroatoms. The van der Waals surface area contributed by atoms with Crippen molar-refractivity contribution in [1.29, 1.82) is 5.26 Å². The second-order valence-corrected chi connectivity index (χ2v) is 4.57. The Morgan fingerprint density at radius 3 is 2.38 bits per heavy atom. The highest BCUT2D eigenvalue weighted by molar-refractivity contribution is 5.47. The number of nitriles is 1. The van der Waals surface area contributed by atoms with Gasteiger partial charge in [0.05, 0.1) is 5.69 Å². The Balaban J connectivity index is 2.37. The van der Waals surface area contributed by atoms with Crippen LogP contribution in [0.5, 0.6) is 11.6 Å². The van der Waals surface area contributed by atoms with Gasteiger partial charge in [0.15, 0.2) is 0 Å². The molecular weight excluding hydrogens is 264 g/mol. The molecule has 2 aromatic rings. The van der Waals surface area contributed by atoms with Crippen LogP contribution in [0.4, 0.5) is 0 Å². The van der Waals surface area contributed by atoms with Gasteiger partial charge in [-0.25, -0.2) is 0 Å². The van der Waals surface area contributed by atoms with Crippen LogP contribution >= 0.6 is 0 Å². The third kappa shape index (κ3) is 3.18. The summed E-state index contributed by atoms with van der Waals surface area (Å²) in [4.78, 5) is 0. The molecule has 0 radical (unpaired) electrons. The molecule has 1 aromatic carbocycles. The van der Waals surface area contributed by atoms with E-state index < -0.39 is 0 Å². The second-order valence-electron chi connectivity index (χ2n) is 4.57. The summed E-state index contributed by atoms with van der Waals surface area (Å²) in [7, 11) is 0. The van der Waals surface area contributed by atoms with Crippen molar-refractivity contribution in [3.05, 3.63) is 46.6 Å². The highest BCUT2D eigenvalue weighted by Gasteiger charge is 2.15. The first-order valence-corrected chi connectivity index (χ1v) is 6.98. The summed E-state index contributed by atoms with van der Waals surface area (Å²) in [5, 5.41) is 17.6. The Hall–Kier alpha value is -2.45. The van der Waals surface area contributed by atoms with Gasteiger partial charge in [0.1, 0.15) is 17.4 Å².